The molecule has 0 radical (unpaired) electrons. The van der Waals surface area contributed by atoms with E-state index >= 15 is 0 Å². The Balaban J connectivity index is 1.40. The number of nitrogens with zero attached hydrogens (tertiary/aromatic N) is 2. The average molecular weight is 445 g/mol. The lowest BCUT2D eigenvalue weighted by atomic mass is 10.1. The summed E-state index contributed by atoms with van der Waals surface area (Å²) in [5, 5.41) is 5.81. The molecule has 1 atom stereocenters. The summed E-state index contributed by atoms with van der Waals surface area (Å²) in [5.74, 6) is 1.17. The van der Waals surface area contributed by atoms with E-state index in [1.165, 1.54) is 0 Å². The molecule has 1 unspecified atom stereocenters. The first-order valence-corrected chi connectivity index (χ1v) is 11.6. The Morgan fingerprint density at radius 1 is 0.969 bits per heavy atom. The molecule has 2 N–H and O–H groups in total. The summed E-state index contributed by atoms with van der Waals surface area (Å²) >= 11 is 0. The third-order valence-electron chi connectivity index (χ3n) is 6.19. The van der Waals surface area contributed by atoms with Gasteiger partial charge in [-0.15, -0.1) is 0 Å². The molecule has 0 aliphatic carbocycles. The molecule has 9 heteroatoms. The molecule has 3 aliphatic rings. The van der Waals surface area contributed by atoms with Crippen molar-refractivity contribution in [1.82, 2.24) is 15.1 Å². The minimum Gasteiger partial charge on any atom is -0.486 e. The number of hydrogen-bond donors (Lipinski definition) is 2. The first-order valence-electron chi connectivity index (χ1n) is 11.6. The van der Waals surface area contributed by atoms with Gasteiger partial charge in [0.2, 0.25) is 11.8 Å². The number of hydrogen-bond acceptors (Lipinski definition) is 5. The van der Waals surface area contributed by atoms with Crippen molar-refractivity contribution in [3.05, 3.63) is 18.2 Å². The number of benzene rings is 1. The van der Waals surface area contributed by atoms with Crippen molar-refractivity contribution in [2.24, 2.45) is 0 Å². The third kappa shape index (κ3) is 5.44. The van der Waals surface area contributed by atoms with Crippen molar-refractivity contribution in [2.45, 2.75) is 51.0 Å². The lowest BCUT2D eigenvalue weighted by Gasteiger charge is -2.30. The van der Waals surface area contributed by atoms with Crippen molar-refractivity contribution in [1.29, 1.82) is 0 Å². The molecule has 0 aromatic heterocycles. The molecule has 9 nitrogen and oxygen atoms in total. The molecule has 3 heterocycles. The molecule has 4 rings (SSSR count). The molecule has 0 spiro atoms. The Labute approximate surface area is 188 Å². The summed E-state index contributed by atoms with van der Waals surface area (Å²) in [5.41, 5.74) is 0.601. The van der Waals surface area contributed by atoms with Gasteiger partial charge in [0.05, 0.1) is 0 Å². The summed E-state index contributed by atoms with van der Waals surface area (Å²) in [4.78, 5) is 41.8. The maximum atomic E-state index is 13.4. The Kier molecular flexibility index (Phi) is 7.34. The van der Waals surface area contributed by atoms with E-state index in [4.69, 9.17) is 9.47 Å². The number of fused-ring (bicyclic) bond motifs is 1. The van der Waals surface area contributed by atoms with Gasteiger partial charge < -0.3 is 29.9 Å². The van der Waals surface area contributed by atoms with Crippen molar-refractivity contribution in [2.75, 3.05) is 44.7 Å². The average Bonchev–Trinajstić information content (AvgIpc) is 3.28. The first kappa shape index (κ1) is 22.2. The van der Waals surface area contributed by atoms with Crippen LogP contribution in [0.5, 0.6) is 11.5 Å². The molecule has 2 fully saturated rings. The molecule has 174 valence electrons. The summed E-state index contributed by atoms with van der Waals surface area (Å²) in [6.07, 6.45) is 5.65. The van der Waals surface area contributed by atoms with Crippen LogP contribution in [0.1, 0.15) is 44.9 Å². The highest BCUT2D eigenvalue weighted by Gasteiger charge is 2.36. The van der Waals surface area contributed by atoms with Crippen LogP contribution in [0.2, 0.25) is 0 Å². The first-order chi connectivity index (χ1) is 15.6. The number of carbonyl (C=O) groups excluding carboxylic acids is 3. The van der Waals surface area contributed by atoms with E-state index < -0.39 is 6.04 Å². The zero-order valence-electron chi connectivity index (χ0n) is 18.4. The second-order valence-corrected chi connectivity index (χ2v) is 8.48. The second kappa shape index (κ2) is 10.6. The highest BCUT2D eigenvalue weighted by Crippen LogP contribution is 2.33. The van der Waals surface area contributed by atoms with Gasteiger partial charge >= 0.3 is 6.03 Å². The van der Waals surface area contributed by atoms with Crippen molar-refractivity contribution in [3.8, 4) is 11.5 Å². The Hall–Kier alpha value is -2.97. The summed E-state index contributed by atoms with van der Waals surface area (Å²) in [6, 6.07) is 4.49. The smallest absolute Gasteiger partial charge is 0.322 e. The van der Waals surface area contributed by atoms with Gasteiger partial charge in [0.1, 0.15) is 19.3 Å². The van der Waals surface area contributed by atoms with Crippen LogP contribution in [-0.4, -0.2) is 73.1 Å². The summed E-state index contributed by atoms with van der Waals surface area (Å²) in [7, 11) is 0. The van der Waals surface area contributed by atoms with Crippen LogP contribution >= 0.6 is 0 Å². The minimum atomic E-state index is -0.500. The van der Waals surface area contributed by atoms with Crippen LogP contribution < -0.4 is 20.1 Å². The molecule has 32 heavy (non-hydrogen) atoms. The highest BCUT2D eigenvalue weighted by molar-refractivity contribution is 5.94. The lowest BCUT2D eigenvalue weighted by molar-refractivity contribution is -0.135. The molecule has 4 amide bonds. The molecular formula is C23H32N4O5. The van der Waals surface area contributed by atoms with Gasteiger partial charge in [-0.05, 0) is 37.8 Å². The fourth-order valence-corrected chi connectivity index (χ4v) is 4.46. The van der Waals surface area contributed by atoms with Crippen LogP contribution in [-0.2, 0) is 9.59 Å². The van der Waals surface area contributed by atoms with Crippen molar-refractivity contribution < 1.29 is 23.9 Å². The second-order valence-electron chi connectivity index (χ2n) is 8.48. The van der Waals surface area contributed by atoms with Gasteiger partial charge in [-0.1, -0.05) is 12.8 Å². The number of anilines is 1. The van der Waals surface area contributed by atoms with Gasteiger partial charge in [0.15, 0.2) is 11.5 Å². The van der Waals surface area contributed by atoms with Gasteiger partial charge in [-0.25, -0.2) is 4.79 Å². The molecule has 2 saturated heterocycles. The van der Waals surface area contributed by atoms with E-state index in [0.717, 1.165) is 32.1 Å². The largest absolute Gasteiger partial charge is 0.486 e. The van der Waals surface area contributed by atoms with Crippen LogP contribution in [0, 0.1) is 0 Å². The summed E-state index contributed by atoms with van der Waals surface area (Å²) < 4.78 is 11.1. The van der Waals surface area contributed by atoms with E-state index in [2.05, 4.69) is 10.6 Å². The van der Waals surface area contributed by atoms with E-state index in [9.17, 15) is 14.4 Å². The number of ether oxygens (including phenoxy) is 2. The fraction of sp³-hybridized carbons (Fsp3) is 0.609. The van der Waals surface area contributed by atoms with Crippen LogP contribution in [0.3, 0.4) is 0 Å². The van der Waals surface area contributed by atoms with Crippen LogP contribution in [0.4, 0.5) is 10.5 Å². The quantitative estimate of drug-likeness (QED) is 0.730. The molecule has 1 aromatic carbocycles. The Morgan fingerprint density at radius 2 is 1.78 bits per heavy atom. The topological polar surface area (TPSA) is 100 Å². The van der Waals surface area contributed by atoms with Gasteiger partial charge in [0, 0.05) is 44.4 Å². The predicted octanol–water partition coefficient (Wildman–Crippen LogP) is 2.36. The molecule has 1 aromatic rings. The fourth-order valence-electron chi connectivity index (χ4n) is 4.46. The minimum absolute atomic E-state index is 0.0238. The van der Waals surface area contributed by atoms with E-state index in [1.54, 1.807) is 28.0 Å². The van der Waals surface area contributed by atoms with Gasteiger partial charge in [0.25, 0.3) is 0 Å². The van der Waals surface area contributed by atoms with Crippen molar-refractivity contribution >= 4 is 23.5 Å². The van der Waals surface area contributed by atoms with Crippen LogP contribution in [0.15, 0.2) is 18.2 Å². The highest BCUT2D eigenvalue weighted by atomic mass is 16.6. The number of nitrogens with one attached hydrogen (secondary N) is 2. The standard InChI is InChI=1S/C23H32N4O5/c28-21-9-13-26(11-4-2-1-3-10-24-21)22(29)18-6-5-12-27(18)23(30)25-17-7-8-19-20(16-17)32-15-14-31-19/h7-8,16,18H,1-6,9-15H2,(H,24,28)(H,25,30). The van der Waals surface area contributed by atoms with E-state index in [-0.39, 0.29) is 17.8 Å². The number of urea groups is 1. The Bertz CT molecular complexity index is 846. The zero-order chi connectivity index (χ0) is 22.3. The Morgan fingerprint density at radius 3 is 2.66 bits per heavy atom. The van der Waals surface area contributed by atoms with Gasteiger partial charge in [-0.3, -0.25) is 9.59 Å². The number of rotatable bonds is 2. The molecular weight excluding hydrogens is 412 g/mol. The summed E-state index contributed by atoms with van der Waals surface area (Å²) in [6.45, 7) is 3.22. The molecule has 0 bridgehead atoms. The van der Waals surface area contributed by atoms with Crippen LogP contribution in [0.25, 0.3) is 0 Å². The third-order valence-corrected chi connectivity index (χ3v) is 6.19. The number of likely N-dealkylation sites (tertiary alicyclic amines) is 1. The lowest BCUT2D eigenvalue weighted by Crippen LogP contribution is -2.49. The van der Waals surface area contributed by atoms with E-state index in [1.807, 2.05) is 0 Å². The SMILES string of the molecule is O=C1CCN(C(=O)C2CCCN2C(=O)Nc2ccc3c(c2)OCCO3)CCCCCCN1. The predicted molar refractivity (Wildman–Crippen MR) is 119 cm³/mol. The maximum absolute atomic E-state index is 13.4. The van der Waals surface area contributed by atoms with Crippen molar-refractivity contribution in [3.63, 3.8) is 0 Å². The number of amides is 4. The van der Waals surface area contributed by atoms with E-state index in [0.29, 0.717) is 69.4 Å². The maximum Gasteiger partial charge on any atom is 0.322 e. The monoisotopic (exact) mass is 444 g/mol. The van der Waals surface area contributed by atoms with Gasteiger partial charge in [-0.2, -0.15) is 0 Å². The normalized spacial score (nSPS) is 22.0. The molecule has 0 saturated carbocycles. The molecule has 3 aliphatic heterocycles. The number of carbonyl (C=O) groups is 3. The zero-order valence-corrected chi connectivity index (χ0v) is 18.4.